The number of carbonyl (C=O) groups excluding carboxylic acids is 1. The summed E-state index contributed by atoms with van der Waals surface area (Å²) in [5.41, 5.74) is 2.50. The van der Waals surface area contributed by atoms with Crippen LogP contribution in [0.5, 0.6) is 5.06 Å². The maximum atomic E-state index is 12.4. The molecule has 2 unspecified atom stereocenters. The van der Waals surface area contributed by atoms with Gasteiger partial charge in [-0.25, -0.2) is 14.8 Å². The molecule has 1 spiro atoms. The second-order valence-corrected chi connectivity index (χ2v) is 10.4. The summed E-state index contributed by atoms with van der Waals surface area (Å²) in [7, 11) is -0.317. The van der Waals surface area contributed by atoms with E-state index in [2.05, 4.69) is 32.7 Å². The van der Waals surface area contributed by atoms with Crippen molar-refractivity contribution in [3.05, 3.63) is 52.4 Å². The first-order valence-corrected chi connectivity index (χ1v) is 12.4. The van der Waals surface area contributed by atoms with Crippen molar-refractivity contribution in [2.75, 3.05) is 5.32 Å². The molecule has 3 aliphatic rings. The number of benzene rings is 1. The van der Waals surface area contributed by atoms with Gasteiger partial charge >= 0.3 is 6.09 Å². The van der Waals surface area contributed by atoms with Crippen LogP contribution >= 0.6 is 22.1 Å². The Hall–Kier alpha value is -3.42. The van der Waals surface area contributed by atoms with Gasteiger partial charge in [0.1, 0.15) is 16.8 Å². The third kappa shape index (κ3) is 3.63. The quantitative estimate of drug-likeness (QED) is 0.402. The van der Waals surface area contributed by atoms with Gasteiger partial charge in [0.2, 0.25) is 16.6 Å². The van der Waals surface area contributed by atoms with Crippen molar-refractivity contribution in [2.45, 2.75) is 32.8 Å². The summed E-state index contributed by atoms with van der Waals surface area (Å²) < 4.78 is 16.7. The molecule has 166 valence electrons. The van der Waals surface area contributed by atoms with Gasteiger partial charge in [-0.15, -0.1) is 0 Å². The van der Waals surface area contributed by atoms with Crippen LogP contribution in [0.25, 0.3) is 0 Å². The highest BCUT2D eigenvalue weighted by Gasteiger charge is 2.56. The predicted octanol–water partition coefficient (Wildman–Crippen LogP) is 5.35. The second kappa shape index (κ2) is 7.57. The number of hydrogen-bond donors (Lipinski definition) is 1. The molecular weight excluding hydrogens is 460 g/mol. The Morgan fingerprint density at radius 1 is 1.33 bits per heavy atom. The van der Waals surface area contributed by atoms with Crippen LogP contribution in [0.3, 0.4) is 0 Å². The maximum absolute atomic E-state index is 12.4. The van der Waals surface area contributed by atoms with Crippen LogP contribution in [-0.4, -0.2) is 26.6 Å². The Kier molecular flexibility index (Phi) is 4.64. The fraction of sp³-hybridized carbons (Fsp3) is 0.261. The Balaban J connectivity index is 1.15. The lowest BCUT2D eigenvalue weighted by molar-refractivity contribution is 0.121. The van der Waals surface area contributed by atoms with Gasteiger partial charge in [-0.3, -0.25) is 5.32 Å². The van der Waals surface area contributed by atoms with Gasteiger partial charge in [0, 0.05) is 16.2 Å². The number of aromatic nitrogens is 2. The van der Waals surface area contributed by atoms with Gasteiger partial charge in [0.25, 0.3) is 0 Å². The normalized spacial score (nSPS) is 19.3. The highest BCUT2D eigenvalue weighted by Crippen LogP contribution is 2.61. The molecule has 4 heterocycles. The van der Waals surface area contributed by atoms with Crippen molar-refractivity contribution < 1.29 is 18.2 Å². The lowest BCUT2D eigenvalue weighted by Gasteiger charge is -2.29. The summed E-state index contributed by atoms with van der Waals surface area (Å²) in [6.07, 6.45) is 2.66. The van der Waals surface area contributed by atoms with Gasteiger partial charge in [-0.05, 0) is 55.0 Å². The van der Waals surface area contributed by atoms with Gasteiger partial charge < -0.3 is 13.4 Å². The molecule has 8 nitrogen and oxygen atoms in total. The van der Waals surface area contributed by atoms with E-state index in [-0.39, 0.29) is 21.9 Å². The van der Waals surface area contributed by atoms with Gasteiger partial charge in [-0.1, -0.05) is 40.8 Å². The topological polar surface area (TPSA) is 98.8 Å². The number of carbonyl (C=O) groups is 1. The smallest absolute Gasteiger partial charge is 0.412 e. The van der Waals surface area contributed by atoms with E-state index in [1.54, 1.807) is 0 Å². The number of fused-ring (bicyclic) bond motifs is 3. The molecule has 1 N–H and O–H groups in total. The largest absolute Gasteiger partial charge is 0.441 e. The average Bonchev–Trinajstić information content (AvgIpc) is 3.32. The highest BCUT2D eigenvalue weighted by molar-refractivity contribution is 8.27. The van der Waals surface area contributed by atoms with E-state index >= 15 is 0 Å². The van der Waals surface area contributed by atoms with Gasteiger partial charge in [-0.2, -0.15) is 0 Å². The molecule has 2 aromatic heterocycles. The zero-order valence-electron chi connectivity index (χ0n) is 17.7. The number of nitrogens with one attached hydrogen (secondary N) is 1. The van der Waals surface area contributed by atoms with Crippen LogP contribution in [0.15, 0.2) is 40.0 Å². The standard InChI is InChI=1S/C23H18N4O4S2/c1-13-5-3-4-6-15(13)14(2)29-22(28)25-16-11-24-30-17(16)7-8-18-26-19-20(32-18)31-33-12-23(9-10-23)21(33)27-19/h3-6,11-12,14H,9-10H2,1-2H3,(H,25,28). The second-order valence-electron chi connectivity index (χ2n) is 8.05. The van der Waals surface area contributed by atoms with Crippen molar-refractivity contribution in [3.63, 3.8) is 0 Å². The minimum atomic E-state index is -0.618. The first kappa shape index (κ1) is 20.2. The van der Waals surface area contributed by atoms with Gasteiger partial charge in [0.15, 0.2) is 5.01 Å². The minimum absolute atomic E-state index is 0.183. The number of amides is 1. The lowest BCUT2D eigenvalue weighted by atomic mass is 10.1. The number of hydrogen-bond acceptors (Lipinski definition) is 8. The van der Waals surface area contributed by atoms with Crippen molar-refractivity contribution in [1.29, 1.82) is 0 Å². The summed E-state index contributed by atoms with van der Waals surface area (Å²) in [6, 6.07) is 7.76. The number of thiazole rings is 1. The Bertz CT molecular complexity index is 1420. The molecule has 0 radical (unpaired) electrons. The van der Waals surface area contributed by atoms with Crippen LogP contribution in [-0.2, 0) is 4.74 Å². The van der Waals surface area contributed by atoms with E-state index in [1.807, 2.05) is 38.1 Å². The molecule has 1 amide bonds. The van der Waals surface area contributed by atoms with Crippen LogP contribution in [0.2, 0.25) is 0 Å². The van der Waals surface area contributed by atoms with E-state index < -0.39 is 12.2 Å². The summed E-state index contributed by atoms with van der Waals surface area (Å²) in [6.45, 7) is 3.79. The van der Waals surface area contributed by atoms with Crippen molar-refractivity contribution in [1.82, 2.24) is 10.1 Å². The fourth-order valence-electron chi connectivity index (χ4n) is 3.73. The third-order valence-corrected chi connectivity index (χ3v) is 8.52. The molecule has 2 aliphatic heterocycles. The summed E-state index contributed by atoms with van der Waals surface area (Å²) in [4.78, 5) is 21.6. The summed E-state index contributed by atoms with van der Waals surface area (Å²) in [5.74, 6) is 6.63. The van der Waals surface area contributed by atoms with Crippen LogP contribution in [0.1, 0.15) is 47.8 Å². The van der Waals surface area contributed by atoms with Crippen LogP contribution in [0, 0.1) is 24.2 Å². The van der Waals surface area contributed by atoms with E-state index in [4.69, 9.17) is 18.4 Å². The van der Waals surface area contributed by atoms with Crippen molar-refractivity contribution in [3.8, 4) is 16.9 Å². The molecule has 0 bridgehead atoms. The molecule has 0 saturated heterocycles. The van der Waals surface area contributed by atoms with Crippen molar-refractivity contribution >= 4 is 50.1 Å². The Labute approximate surface area is 196 Å². The number of rotatable bonds is 3. The number of ether oxygens (including phenoxy) is 1. The Morgan fingerprint density at radius 3 is 3.00 bits per heavy atom. The number of anilines is 1. The SMILES string of the molecule is Cc1ccccc1C(C)OC(=O)Nc1cnoc1C#Cc1nc2c(s1)OS1=CC3(CC3)C1=N2. The van der Waals surface area contributed by atoms with Gasteiger partial charge in [0.05, 0.1) is 6.20 Å². The number of aryl methyl sites for hydroxylation is 1. The first-order valence-electron chi connectivity index (χ1n) is 10.4. The Morgan fingerprint density at radius 2 is 2.18 bits per heavy atom. The monoisotopic (exact) mass is 478 g/mol. The molecule has 6 rings (SSSR count). The third-order valence-electron chi connectivity index (χ3n) is 5.69. The molecule has 1 aliphatic carbocycles. The van der Waals surface area contributed by atoms with E-state index in [0.717, 1.165) is 29.0 Å². The summed E-state index contributed by atoms with van der Waals surface area (Å²) in [5, 5.41) is 11.0. The van der Waals surface area contributed by atoms with Crippen molar-refractivity contribution in [2.24, 2.45) is 10.4 Å². The zero-order valence-corrected chi connectivity index (χ0v) is 19.4. The average molecular weight is 479 g/mol. The number of nitrogens with zero attached hydrogens (tertiary/aromatic N) is 3. The van der Waals surface area contributed by atoms with Crippen LogP contribution in [0.4, 0.5) is 16.3 Å². The highest BCUT2D eigenvalue weighted by atomic mass is 32.2. The van der Waals surface area contributed by atoms with Crippen LogP contribution < -0.4 is 9.50 Å². The predicted molar refractivity (Wildman–Crippen MR) is 127 cm³/mol. The molecule has 1 aromatic carbocycles. The molecular formula is C23H18N4O4S2. The fourth-order valence-corrected chi connectivity index (χ4v) is 6.57. The van der Waals surface area contributed by atoms with E-state index in [0.29, 0.717) is 21.6 Å². The summed E-state index contributed by atoms with van der Waals surface area (Å²) >= 11 is 1.34. The molecule has 10 heteroatoms. The molecule has 1 fully saturated rings. The number of aliphatic imine (C=N–C) groups is 1. The molecule has 1 saturated carbocycles. The molecule has 2 atom stereocenters. The maximum Gasteiger partial charge on any atom is 0.412 e. The molecule has 33 heavy (non-hydrogen) atoms. The van der Waals surface area contributed by atoms with E-state index in [9.17, 15) is 4.79 Å². The minimum Gasteiger partial charge on any atom is -0.441 e. The van der Waals surface area contributed by atoms with E-state index in [1.165, 1.54) is 17.5 Å². The molecule has 3 aromatic rings. The lowest BCUT2D eigenvalue weighted by Crippen LogP contribution is -2.29. The first-order chi connectivity index (χ1) is 16.0. The zero-order chi connectivity index (χ0) is 22.6.